The second-order valence-corrected chi connectivity index (χ2v) is 7.44. The third kappa shape index (κ3) is 3.61. The van der Waals surface area contributed by atoms with Crippen molar-refractivity contribution in [3.63, 3.8) is 0 Å². The van der Waals surface area contributed by atoms with E-state index in [1.807, 2.05) is 0 Å². The molecule has 4 heteroatoms. The maximum atomic E-state index is 5.92. The molecule has 2 N–H and O–H groups in total. The minimum absolute atomic E-state index is 0.206. The molecule has 3 nitrogen and oxygen atoms in total. The van der Waals surface area contributed by atoms with Crippen molar-refractivity contribution >= 4 is 21.6 Å². The van der Waals surface area contributed by atoms with Crippen LogP contribution in [0.15, 0.2) is 22.7 Å². The van der Waals surface area contributed by atoms with E-state index in [4.69, 9.17) is 5.73 Å². The van der Waals surface area contributed by atoms with Gasteiger partial charge in [-0.05, 0) is 56.8 Å². The van der Waals surface area contributed by atoms with Gasteiger partial charge in [-0.3, -0.25) is 4.90 Å². The lowest BCUT2D eigenvalue weighted by molar-refractivity contribution is 0.273. The molecular formula is C17H26BrN3. The smallest absolute Gasteiger partial charge is 0.0378 e. The van der Waals surface area contributed by atoms with E-state index < -0.39 is 0 Å². The standard InChI is InChI=1S/C17H26BrN3/c1-13(19)10-14-5-6-15(11-17(14)18)21-9-3-8-20-7-2-4-16(20)12-21/h5-6,11,13,16H,2-4,7-10,12,19H2,1H3. The van der Waals surface area contributed by atoms with E-state index in [-0.39, 0.29) is 6.04 Å². The molecule has 0 amide bonds. The van der Waals surface area contributed by atoms with E-state index in [0.29, 0.717) is 0 Å². The van der Waals surface area contributed by atoms with E-state index in [1.165, 1.54) is 61.2 Å². The molecule has 2 heterocycles. The van der Waals surface area contributed by atoms with Gasteiger partial charge in [-0.25, -0.2) is 0 Å². The van der Waals surface area contributed by atoms with Gasteiger partial charge in [-0.1, -0.05) is 22.0 Å². The molecule has 2 unspecified atom stereocenters. The number of anilines is 1. The highest BCUT2D eigenvalue weighted by atomic mass is 79.9. The van der Waals surface area contributed by atoms with Crippen LogP contribution in [0, 0.1) is 0 Å². The van der Waals surface area contributed by atoms with Crippen LogP contribution in [0.2, 0.25) is 0 Å². The Labute approximate surface area is 136 Å². The van der Waals surface area contributed by atoms with Crippen LogP contribution in [0.4, 0.5) is 5.69 Å². The van der Waals surface area contributed by atoms with Gasteiger partial charge in [0.25, 0.3) is 0 Å². The maximum Gasteiger partial charge on any atom is 0.0378 e. The molecular weight excluding hydrogens is 326 g/mol. The first-order valence-electron chi connectivity index (χ1n) is 8.16. The molecule has 116 valence electrons. The van der Waals surface area contributed by atoms with Crippen molar-refractivity contribution in [2.24, 2.45) is 5.73 Å². The zero-order valence-corrected chi connectivity index (χ0v) is 14.5. The molecule has 3 rings (SSSR count). The Balaban J connectivity index is 1.75. The van der Waals surface area contributed by atoms with E-state index >= 15 is 0 Å². The molecule has 21 heavy (non-hydrogen) atoms. The average Bonchev–Trinajstić information content (AvgIpc) is 2.78. The summed E-state index contributed by atoms with van der Waals surface area (Å²) in [7, 11) is 0. The zero-order valence-electron chi connectivity index (χ0n) is 12.9. The van der Waals surface area contributed by atoms with Gasteiger partial charge in [0.2, 0.25) is 0 Å². The highest BCUT2D eigenvalue weighted by Gasteiger charge is 2.28. The highest BCUT2D eigenvalue weighted by Crippen LogP contribution is 2.28. The first-order valence-corrected chi connectivity index (χ1v) is 8.96. The van der Waals surface area contributed by atoms with Gasteiger partial charge in [0.05, 0.1) is 0 Å². The monoisotopic (exact) mass is 351 g/mol. The van der Waals surface area contributed by atoms with E-state index in [0.717, 1.165) is 12.5 Å². The Morgan fingerprint density at radius 2 is 2.10 bits per heavy atom. The molecule has 2 aliphatic heterocycles. The number of nitrogens with zero attached hydrogens (tertiary/aromatic N) is 2. The molecule has 0 radical (unpaired) electrons. The van der Waals surface area contributed by atoms with Crippen LogP contribution in [-0.2, 0) is 6.42 Å². The molecule has 0 aliphatic carbocycles. The Bertz CT molecular complexity index is 489. The second-order valence-electron chi connectivity index (χ2n) is 6.59. The number of benzene rings is 1. The third-order valence-corrected chi connectivity index (χ3v) is 5.49. The minimum atomic E-state index is 0.206. The predicted molar refractivity (Wildman–Crippen MR) is 92.9 cm³/mol. The quantitative estimate of drug-likeness (QED) is 0.908. The van der Waals surface area contributed by atoms with Crippen molar-refractivity contribution in [2.75, 3.05) is 31.1 Å². The van der Waals surface area contributed by atoms with Gasteiger partial charge in [-0.15, -0.1) is 0 Å². The largest absolute Gasteiger partial charge is 0.370 e. The lowest BCUT2D eigenvalue weighted by Crippen LogP contribution is -2.36. The van der Waals surface area contributed by atoms with Gasteiger partial charge in [0.1, 0.15) is 0 Å². The molecule has 2 saturated heterocycles. The first-order chi connectivity index (χ1) is 10.1. The van der Waals surface area contributed by atoms with Crippen molar-refractivity contribution in [2.45, 2.75) is 44.7 Å². The van der Waals surface area contributed by atoms with Gasteiger partial charge < -0.3 is 10.6 Å². The van der Waals surface area contributed by atoms with Gasteiger partial charge in [-0.2, -0.15) is 0 Å². The molecule has 2 atom stereocenters. The summed E-state index contributed by atoms with van der Waals surface area (Å²) in [4.78, 5) is 5.25. The number of nitrogens with two attached hydrogens (primary N) is 1. The molecule has 0 bridgehead atoms. The third-order valence-electron chi connectivity index (χ3n) is 4.75. The van der Waals surface area contributed by atoms with E-state index in [2.05, 4.69) is 50.9 Å². The van der Waals surface area contributed by atoms with Crippen molar-refractivity contribution in [1.82, 2.24) is 4.90 Å². The second kappa shape index (κ2) is 6.67. The van der Waals surface area contributed by atoms with Crippen LogP contribution in [0.3, 0.4) is 0 Å². The van der Waals surface area contributed by atoms with E-state index in [1.54, 1.807) is 0 Å². The fraction of sp³-hybridized carbons (Fsp3) is 0.647. The number of fused-ring (bicyclic) bond motifs is 1. The number of hydrogen-bond donors (Lipinski definition) is 1. The van der Waals surface area contributed by atoms with Crippen molar-refractivity contribution in [1.29, 1.82) is 0 Å². The molecule has 1 aromatic rings. The van der Waals surface area contributed by atoms with Crippen molar-refractivity contribution < 1.29 is 0 Å². The molecule has 0 spiro atoms. The predicted octanol–water partition coefficient (Wildman–Crippen LogP) is 3.01. The summed E-state index contributed by atoms with van der Waals surface area (Å²) in [5.41, 5.74) is 8.58. The van der Waals surface area contributed by atoms with Crippen molar-refractivity contribution in [3.8, 4) is 0 Å². The molecule has 2 fully saturated rings. The first kappa shape index (κ1) is 15.3. The normalized spacial score (nSPS) is 24.7. The van der Waals surface area contributed by atoms with Gasteiger partial charge in [0.15, 0.2) is 0 Å². The van der Waals surface area contributed by atoms with Crippen LogP contribution in [0.25, 0.3) is 0 Å². The summed E-state index contributed by atoms with van der Waals surface area (Å²) < 4.78 is 1.20. The Kier molecular flexibility index (Phi) is 4.87. The fourth-order valence-electron chi connectivity index (χ4n) is 3.69. The number of rotatable bonds is 3. The minimum Gasteiger partial charge on any atom is -0.370 e. The SMILES string of the molecule is CC(N)Cc1ccc(N2CCCN3CCCC3C2)cc1Br. The highest BCUT2D eigenvalue weighted by molar-refractivity contribution is 9.10. The van der Waals surface area contributed by atoms with Crippen LogP contribution in [0.5, 0.6) is 0 Å². The Morgan fingerprint density at radius 1 is 1.29 bits per heavy atom. The molecule has 1 aromatic carbocycles. The van der Waals surface area contributed by atoms with Gasteiger partial charge in [0, 0.05) is 41.9 Å². The topological polar surface area (TPSA) is 32.5 Å². The molecule has 0 saturated carbocycles. The summed E-state index contributed by atoms with van der Waals surface area (Å²) in [6.45, 7) is 6.98. The van der Waals surface area contributed by atoms with Crippen LogP contribution < -0.4 is 10.6 Å². The number of halogens is 1. The molecule has 0 aromatic heterocycles. The summed E-state index contributed by atoms with van der Waals surface area (Å²) in [5.74, 6) is 0. The van der Waals surface area contributed by atoms with Crippen molar-refractivity contribution in [3.05, 3.63) is 28.2 Å². The Hall–Kier alpha value is -0.580. The maximum absolute atomic E-state index is 5.92. The zero-order chi connectivity index (χ0) is 14.8. The van der Waals surface area contributed by atoms with Crippen LogP contribution in [-0.4, -0.2) is 43.2 Å². The summed E-state index contributed by atoms with van der Waals surface area (Å²) in [5, 5.41) is 0. The lowest BCUT2D eigenvalue weighted by atomic mass is 10.1. The Morgan fingerprint density at radius 3 is 2.86 bits per heavy atom. The summed E-state index contributed by atoms with van der Waals surface area (Å²) in [6.07, 6.45) is 4.93. The summed E-state index contributed by atoms with van der Waals surface area (Å²) >= 11 is 3.73. The van der Waals surface area contributed by atoms with Crippen LogP contribution >= 0.6 is 15.9 Å². The summed E-state index contributed by atoms with van der Waals surface area (Å²) in [6, 6.07) is 7.75. The molecule has 2 aliphatic rings. The fourth-order valence-corrected chi connectivity index (χ4v) is 4.22. The van der Waals surface area contributed by atoms with Gasteiger partial charge >= 0.3 is 0 Å². The number of hydrogen-bond acceptors (Lipinski definition) is 3. The average molecular weight is 352 g/mol. The lowest BCUT2D eigenvalue weighted by Gasteiger charge is -2.27. The van der Waals surface area contributed by atoms with E-state index in [9.17, 15) is 0 Å². The van der Waals surface area contributed by atoms with Crippen LogP contribution in [0.1, 0.15) is 31.7 Å².